The molecule has 0 radical (unpaired) electrons. The molecule has 5 heteroatoms. The van der Waals surface area contributed by atoms with Crippen LogP contribution in [0.15, 0.2) is 18.2 Å². The summed E-state index contributed by atoms with van der Waals surface area (Å²) < 4.78 is 13.5. The number of nitriles is 1. The highest BCUT2D eigenvalue weighted by atomic mass is 35.5. The molecule has 1 fully saturated rings. The molecule has 1 N–H and O–H groups in total. The van der Waals surface area contributed by atoms with Gasteiger partial charge in [-0.2, -0.15) is 5.26 Å². The number of carbonyl (C=O) groups excluding carboxylic acids is 1. The van der Waals surface area contributed by atoms with E-state index in [1.54, 1.807) is 0 Å². The van der Waals surface area contributed by atoms with E-state index >= 15 is 0 Å². The van der Waals surface area contributed by atoms with Gasteiger partial charge in [0.25, 0.3) is 0 Å². The summed E-state index contributed by atoms with van der Waals surface area (Å²) in [7, 11) is 0. The molecular formula is C13H12ClFN2O. The Morgan fingerprint density at radius 1 is 1.44 bits per heavy atom. The fourth-order valence-corrected chi connectivity index (χ4v) is 2.38. The highest BCUT2D eigenvalue weighted by Gasteiger charge is 2.41. The first-order valence-corrected chi connectivity index (χ1v) is 6.13. The van der Waals surface area contributed by atoms with Gasteiger partial charge >= 0.3 is 0 Å². The van der Waals surface area contributed by atoms with E-state index in [-0.39, 0.29) is 5.69 Å². The molecule has 18 heavy (non-hydrogen) atoms. The van der Waals surface area contributed by atoms with Gasteiger partial charge in [-0.05, 0) is 31.0 Å². The summed E-state index contributed by atoms with van der Waals surface area (Å²) in [6, 6.07) is 6.00. The third-order valence-corrected chi connectivity index (χ3v) is 3.52. The SMILES string of the molecule is N#CC1(C(=O)Nc2cc(Cl)ccc2F)CCCC1. The Labute approximate surface area is 110 Å². The van der Waals surface area contributed by atoms with E-state index in [4.69, 9.17) is 16.9 Å². The summed E-state index contributed by atoms with van der Waals surface area (Å²) in [5.41, 5.74) is -0.997. The molecule has 94 valence electrons. The zero-order valence-electron chi connectivity index (χ0n) is 9.67. The molecule has 0 bridgehead atoms. The third kappa shape index (κ3) is 2.32. The lowest BCUT2D eigenvalue weighted by atomic mass is 9.87. The highest BCUT2D eigenvalue weighted by molar-refractivity contribution is 6.30. The maximum atomic E-state index is 13.5. The Bertz CT molecular complexity index is 518. The number of rotatable bonds is 2. The predicted molar refractivity (Wildman–Crippen MR) is 66.6 cm³/mol. The van der Waals surface area contributed by atoms with Crippen LogP contribution < -0.4 is 5.32 Å². The van der Waals surface area contributed by atoms with Gasteiger partial charge in [-0.25, -0.2) is 4.39 Å². The molecule has 3 nitrogen and oxygen atoms in total. The molecule has 0 unspecified atom stereocenters. The van der Waals surface area contributed by atoms with E-state index in [0.717, 1.165) is 12.8 Å². The van der Waals surface area contributed by atoms with Crippen LogP contribution in [0.25, 0.3) is 0 Å². The van der Waals surface area contributed by atoms with Crippen LogP contribution in [0.1, 0.15) is 25.7 Å². The number of nitrogens with one attached hydrogen (secondary N) is 1. The largest absolute Gasteiger partial charge is 0.322 e. The monoisotopic (exact) mass is 266 g/mol. The maximum absolute atomic E-state index is 13.5. The molecule has 0 aliphatic heterocycles. The molecule has 1 aliphatic carbocycles. The Hall–Kier alpha value is -1.60. The summed E-state index contributed by atoms with van der Waals surface area (Å²) in [4.78, 5) is 12.1. The van der Waals surface area contributed by atoms with Gasteiger partial charge in [0.05, 0.1) is 11.8 Å². The first kappa shape index (κ1) is 12.8. The molecule has 1 aromatic rings. The Morgan fingerprint density at radius 2 is 2.11 bits per heavy atom. The lowest BCUT2D eigenvalue weighted by Gasteiger charge is -2.19. The fourth-order valence-electron chi connectivity index (χ4n) is 2.20. The van der Waals surface area contributed by atoms with Gasteiger partial charge in [-0.15, -0.1) is 0 Å². The lowest BCUT2D eigenvalue weighted by Crippen LogP contribution is -2.32. The van der Waals surface area contributed by atoms with Crippen LogP contribution in [0, 0.1) is 22.6 Å². The van der Waals surface area contributed by atoms with Gasteiger partial charge in [0.1, 0.15) is 11.2 Å². The van der Waals surface area contributed by atoms with Gasteiger partial charge in [0.15, 0.2) is 0 Å². The number of nitrogens with zero attached hydrogens (tertiary/aromatic N) is 1. The zero-order chi connectivity index (χ0) is 13.2. The molecule has 1 saturated carbocycles. The average Bonchev–Trinajstić information content (AvgIpc) is 2.84. The van der Waals surface area contributed by atoms with E-state index in [9.17, 15) is 9.18 Å². The van der Waals surface area contributed by atoms with E-state index < -0.39 is 17.1 Å². The van der Waals surface area contributed by atoms with Crippen molar-refractivity contribution in [3.8, 4) is 6.07 Å². The van der Waals surface area contributed by atoms with Crippen molar-refractivity contribution in [2.45, 2.75) is 25.7 Å². The van der Waals surface area contributed by atoms with E-state index in [2.05, 4.69) is 11.4 Å². The van der Waals surface area contributed by atoms with Gasteiger partial charge in [-0.1, -0.05) is 24.4 Å². The van der Waals surface area contributed by atoms with Crippen LogP contribution in [-0.2, 0) is 4.79 Å². The maximum Gasteiger partial charge on any atom is 0.244 e. The van der Waals surface area contributed by atoms with Crippen LogP contribution in [0.2, 0.25) is 5.02 Å². The minimum absolute atomic E-state index is 0.0222. The Kier molecular flexibility index (Phi) is 3.53. The molecule has 1 aliphatic rings. The number of hydrogen-bond acceptors (Lipinski definition) is 2. The zero-order valence-corrected chi connectivity index (χ0v) is 10.4. The van der Waals surface area contributed by atoms with Crippen molar-refractivity contribution in [2.24, 2.45) is 5.41 Å². The van der Waals surface area contributed by atoms with Crippen molar-refractivity contribution in [3.63, 3.8) is 0 Å². The van der Waals surface area contributed by atoms with Crippen molar-refractivity contribution < 1.29 is 9.18 Å². The normalized spacial score (nSPS) is 17.2. The molecular weight excluding hydrogens is 255 g/mol. The van der Waals surface area contributed by atoms with Crippen molar-refractivity contribution in [1.29, 1.82) is 5.26 Å². The van der Waals surface area contributed by atoms with Crippen molar-refractivity contribution in [2.75, 3.05) is 5.32 Å². The summed E-state index contributed by atoms with van der Waals surface area (Å²) >= 11 is 5.75. The van der Waals surface area contributed by atoms with E-state index in [1.807, 2.05) is 0 Å². The van der Waals surface area contributed by atoms with Gasteiger partial charge in [0.2, 0.25) is 5.91 Å². The predicted octanol–water partition coefficient (Wildman–Crippen LogP) is 3.50. The lowest BCUT2D eigenvalue weighted by molar-refractivity contribution is -0.122. The summed E-state index contributed by atoms with van der Waals surface area (Å²) in [5.74, 6) is -0.998. The summed E-state index contributed by atoms with van der Waals surface area (Å²) in [6.07, 6.45) is 2.74. The van der Waals surface area contributed by atoms with Crippen LogP contribution in [-0.4, -0.2) is 5.91 Å². The van der Waals surface area contributed by atoms with Crippen LogP contribution in [0.4, 0.5) is 10.1 Å². The number of anilines is 1. The second kappa shape index (κ2) is 4.95. The topological polar surface area (TPSA) is 52.9 Å². The minimum Gasteiger partial charge on any atom is -0.322 e. The van der Waals surface area contributed by atoms with Gasteiger partial charge < -0.3 is 5.32 Å². The Morgan fingerprint density at radius 3 is 2.72 bits per heavy atom. The second-order valence-electron chi connectivity index (χ2n) is 4.48. The summed E-state index contributed by atoms with van der Waals surface area (Å²) in [5, 5.41) is 12.0. The number of benzene rings is 1. The van der Waals surface area contributed by atoms with Crippen LogP contribution >= 0.6 is 11.6 Å². The van der Waals surface area contributed by atoms with Crippen LogP contribution in [0.5, 0.6) is 0 Å². The number of amides is 1. The first-order valence-electron chi connectivity index (χ1n) is 5.75. The van der Waals surface area contributed by atoms with E-state index in [1.165, 1.54) is 18.2 Å². The smallest absolute Gasteiger partial charge is 0.244 e. The number of hydrogen-bond donors (Lipinski definition) is 1. The molecule has 0 aromatic heterocycles. The minimum atomic E-state index is -1.02. The highest BCUT2D eigenvalue weighted by Crippen LogP contribution is 2.38. The first-order chi connectivity index (χ1) is 8.57. The molecule has 0 atom stereocenters. The van der Waals surface area contributed by atoms with Crippen molar-refractivity contribution in [1.82, 2.24) is 0 Å². The molecule has 0 spiro atoms. The van der Waals surface area contributed by atoms with Gasteiger partial charge in [0, 0.05) is 5.02 Å². The number of halogens is 2. The van der Waals surface area contributed by atoms with Gasteiger partial charge in [-0.3, -0.25) is 4.79 Å². The van der Waals surface area contributed by atoms with Crippen LogP contribution in [0.3, 0.4) is 0 Å². The molecule has 0 heterocycles. The average molecular weight is 267 g/mol. The Balaban J connectivity index is 2.21. The second-order valence-corrected chi connectivity index (χ2v) is 4.92. The van der Waals surface area contributed by atoms with E-state index in [0.29, 0.717) is 17.9 Å². The van der Waals surface area contributed by atoms with Crippen molar-refractivity contribution in [3.05, 3.63) is 29.0 Å². The molecule has 0 saturated heterocycles. The third-order valence-electron chi connectivity index (χ3n) is 3.28. The summed E-state index contributed by atoms with van der Waals surface area (Å²) in [6.45, 7) is 0. The standard InChI is InChI=1S/C13H12ClFN2O/c14-9-3-4-10(15)11(7-9)17-12(18)13(8-16)5-1-2-6-13/h3-4,7H,1-2,5-6H2,(H,17,18). The molecule has 2 rings (SSSR count). The van der Waals surface area contributed by atoms with Crippen molar-refractivity contribution >= 4 is 23.2 Å². The molecule has 1 aromatic carbocycles. The fraction of sp³-hybridized carbons (Fsp3) is 0.385. The number of carbonyl (C=O) groups is 1. The molecule has 1 amide bonds. The quantitative estimate of drug-likeness (QED) is 0.891.